The number of rotatable bonds is 4. The summed E-state index contributed by atoms with van der Waals surface area (Å²) in [5.74, 6) is 0.748. The second-order valence-corrected chi connectivity index (χ2v) is 5.09. The van der Waals surface area contributed by atoms with E-state index in [2.05, 4.69) is 5.43 Å². The Morgan fingerprint density at radius 2 is 2.00 bits per heavy atom. The molecule has 1 amide bonds. The highest BCUT2D eigenvalue weighted by Crippen LogP contribution is 2.15. The first-order chi connectivity index (χ1) is 11.2. The Balaban J connectivity index is 1.58. The quantitative estimate of drug-likeness (QED) is 0.821. The summed E-state index contributed by atoms with van der Waals surface area (Å²) in [6.45, 7) is 0.399. The van der Waals surface area contributed by atoms with Crippen molar-refractivity contribution in [1.82, 2.24) is 5.43 Å². The van der Waals surface area contributed by atoms with Gasteiger partial charge in [0.15, 0.2) is 6.61 Å². The van der Waals surface area contributed by atoms with Crippen LogP contribution >= 0.6 is 0 Å². The van der Waals surface area contributed by atoms with Crippen molar-refractivity contribution in [2.24, 2.45) is 5.73 Å². The molecule has 3 rings (SSSR count). The van der Waals surface area contributed by atoms with Crippen molar-refractivity contribution in [1.29, 1.82) is 5.26 Å². The number of carbonyl (C=O) groups excluding carboxylic acids is 1. The lowest BCUT2D eigenvalue weighted by Gasteiger charge is -2.07. The van der Waals surface area contributed by atoms with Gasteiger partial charge in [-0.25, -0.2) is 0 Å². The third kappa shape index (κ3) is 3.14. The van der Waals surface area contributed by atoms with E-state index in [0.29, 0.717) is 23.7 Å². The minimum absolute atomic E-state index is 0.133. The number of fused-ring (bicyclic) bond motifs is 1. The van der Waals surface area contributed by atoms with E-state index in [4.69, 9.17) is 15.7 Å². The smallest absolute Gasteiger partial charge is 0.299 e. The van der Waals surface area contributed by atoms with Gasteiger partial charge in [-0.05, 0) is 30.3 Å². The molecule has 0 aromatic heterocycles. The number of hydrogen-bond donors (Lipinski definition) is 2. The molecule has 0 unspecified atom stereocenters. The van der Waals surface area contributed by atoms with Gasteiger partial charge in [0.25, 0.3) is 11.7 Å². The number of benzene rings is 2. The van der Waals surface area contributed by atoms with Crippen LogP contribution in [0.3, 0.4) is 0 Å². The zero-order valence-corrected chi connectivity index (χ0v) is 12.3. The number of amides is 1. The van der Waals surface area contributed by atoms with E-state index in [0.717, 1.165) is 11.1 Å². The van der Waals surface area contributed by atoms with Crippen molar-refractivity contribution >= 4 is 11.7 Å². The van der Waals surface area contributed by atoms with E-state index >= 15 is 0 Å². The predicted octanol–water partition coefficient (Wildman–Crippen LogP) is 0.900. The normalized spacial score (nSPS) is 12.5. The second kappa shape index (κ2) is 6.20. The summed E-state index contributed by atoms with van der Waals surface area (Å²) in [4.78, 5) is 12.0. The van der Waals surface area contributed by atoms with Gasteiger partial charge in [0.05, 0.1) is 17.2 Å². The minimum Gasteiger partial charge on any atom is -0.484 e. The van der Waals surface area contributed by atoms with Crippen molar-refractivity contribution < 1.29 is 14.2 Å². The first-order valence-corrected chi connectivity index (χ1v) is 7.08. The lowest BCUT2D eigenvalue weighted by atomic mass is 10.1. The molecule has 0 radical (unpaired) electrons. The number of nitrogens with two attached hydrogens (primary N) is 1. The van der Waals surface area contributed by atoms with Crippen molar-refractivity contribution in [3.63, 3.8) is 0 Å². The Hall–Kier alpha value is -3.33. The van der Waals surface area contributed by atoms with Gasteiger partial charge in [0, 0.05) is 5.56 Å². The molecule has 3 N–H and O–H groups in total. The zero-order valence-electron chi connectivity index (χ0n) is 12.3. The fourth-order valence-electron chi connectivity index (χ4n) is 2.37. The lowest BCUT2D eigenvalue weighted by Crippen LogP contribution is -2.40. The first-order valence-electron chi connectivity index (χ1n) is 7.08. The molecule has 1 aliphatic heterocycles. The van der Waals surface area contributed by atoms with Crippen LogP contribution in [0.2, 0.25) is 0 Å². The number of nitriles is 1. The summed E-state index contributed by atoms with van der Waals surface area (Å²) in [5.41, 5.74) is 11.3. The van der Waals surface area contributed by atoms with Crippen LogP contribution in [0.25, 0.3) is 0 Å². The molecule has 6 nitrogen and oxygen atoms in total. The van der Waals surface area contributed by atoms with Crippen molar-refractivity contribution in [2.45, 2.75) is 6.54 Å². The number of nitrogens with one attached hydrogen (secondary N) is 1. The third-order valence-electron chi connectivity index (χ3n) is 3.53. The van der Waals surface area contributed by atoms with Gasteiger partial charge in [0.2, 0.25) is 0 Å². The maximum Gasteiger partial charge on any atom is 0.299 e. The van der Waals surface area contributed by atoms with Gasteiger partial charge in [-0.1, -0.05) is 18.2 Å². The molecule has 0 saturated carbocycles. The number of ether oxygens (including phenoxy) is 1. The van der Waals surface area contributed by atoms with Gasteiger partial charge in [-0.3, -0.25) is 10.5 Å². The molecule has 114 valence electrons. The molecule has 1 heterocycles. The van der Waals surface area contributed by atoms with Crippen LogP contribution in [0, 0.1) is 11.3 Å². The van der Waals surface area contributed by atoms with Gasteiger partial charge in [0.1, 0.15) is 12.3 Å². The first kappa shape index (κ1) is 14.6. The van der Waals surface area contributed by atoms with Crippen LogP contribution in [0.4, 0.5) is 0 Å². The van der Waals surface area contributed by atoms with E-state index < -0.39 is 0 Å². The average Bonchev–Trinajstić information content (AvgIpc) is 2.90. The Bertz CT molecular complexity index is 819. The van der Waals surface area contributed by atoms with Gasteiger partial charge in [-0.15, -0.1) is 0 Å². The van der Waals surface area contributed by atoms with E-state index in [1.54, 1.807) is 28.9 Å². The van der Waals surface area contributed by atoms with Crippen LogP contribution in [0.1, 0.15) is 16.7 Å². The Labute approximate surface area is 133 Å². The standard InChI is InChI=1S/C17H14N4O2/c18-9-12-5-7-14(8-6-12)23-11-16(22)20-21-10-13-3-1-2-4-15(13)17(21)19/h1-8,19H,10-11H2,(H,20,22)/p+1. The lowest BCUT2D eigenvalue weighted by molar-refractivity contribution is -0.586. The number of carbonyl (C=O) groups is 1. The Morgan fingerprint density at radius 3 is 2.70 bits per heavy atom. The summed E-state index contributed by atoms with van der Waals surface area (Å²) in [6.07, 6.45) is 0. The number of nitrogens with zero attached hydrogens (tertiary/aromatic N) is 2. The predicted molar refractivity (Wildman–Crippen MR) is 83.5 cm³/mol. The highest BCUT2D eigenvalue weighted by atomic mass is 16.5. The molecular weight excluding hydrogens is 292 g/mol. The van der Waals surface area contributed by atoms with Crippen LogP contribution in [-0.2, 0) is 11.3 Å². The SMILES string of the molecule is N#Cc1ccc(OCC(=O)N[N+]2=C(N)c3ccccc3C2)cc1. The molecule has 0 fully saturated rings. The van der Waals surface area contributed by atoms with Crippen molar-refractivity contribution in [3.8, 4) is 11.8 Å². The molecule has 0 aliphatic carbocycles. The summed E-state index contributed by atoms with van der Waals surface area (Å²) in [6, 6.07) is 16.3. The number of hydrazone groups is 1. The molecule has 2 aromatic carbocycles. The summed E-state index contributed by atoms with van der Waals surface area (Å²) < 4.78 is 7.00. The molecule has 6 heteroatoms. The third-order valence-corrected chi connectivity index (χ3v) is 3.53. The molecule has 0 saturated heterocycles. The molecular formula is C17H15N4O2+. The molecule has 0 atom stereocenters. The molecule has 1 aliphatic rings. The monoisotopic (exact) mass is 307 g/mol. The van der Waals surface area contributed by atoms with Crippen LogP contribution in [-0.4, -0.2) is 23.0 Å². The molecule has 23 heavy (non-hydrogen) atoms. The van der Waals surface area contributed by atoms with Crippen LogP contribution in [0.5, 0.6) is 5.75 Å². The summed E-state index contributed by atoms with van der Waals surface area (Å²) in [5, 5.41) is 8.73. The fourth-order valence-corrected chi connectivity index (χ4v) is 2.37. The van der Waals surface area contributed by atoms with Gasteiger partial charge < -0.3 is 4.74 Å². The summed E-state index contributed by atoms with van der Waals surface area (Å²) in [7, 11) is 0. The molecule has 0 spiro atoms. The minimum atomic E-state index is -0.301. The van der Waals surface area contributed by atoms with E-state index in [-0.39, 0.29) is 12.5 Å². The van der Waals surface area contributed by atoms with Gasteiger partial charge >= 0.3 is 0 Å². The van der Waals surface area contributed by atoms with Crippen molar-refractivity contribution in [2.75, 3.05) is 6.61 Å². The topological polar surface area (TPSA) is 91.1 Å². The van der Waals surface area contributed by atoms with Crippen LogP contribution in [0.15, 0.2) is 48.5 Å². The Kier molecular flexibility index (Phi) is 3.93. The van der Waals surface area contributed by atoms with E-state index in [1.165, 1.54) is 0 Å². The average molecular weight is 307 g/mol. The largest absolute Gasteiger partial charge is 0.484 e. The second-order valence-electron chi connectivity index (χ2n) is 5.09. The van der Waals surface area contributed by atoms with Crippen LogP contribution < -0.4 is 15.9 Å². The highest BCUT2D eigenvalue weighted by molar-refractivity contribution is 5.96. The number of amidine groups is 1. The fraction of sp³-hybridized carbons (Fsp3) is 0.118. The Morgan fingerprint density at radius 1 is 1.26 bits per heavy atom. The number of hydrogen-bond acceptors (Lipinski definition) is 4. The molecule has 0 bridgehead atoms. The molecule has 2 aromatic rings. The van der Waals surface area contributed by atoms with E-state index in [1.807, 2.05) is 30.3 Å². The number of hydrazine groups is 1. The van der Waals surface area contributed by atoms with E-state index in [9.17, 15) is 4.79 Å². The van der Waals surface area contributed by atoms with Crippen molar-refractivity contribution in [3.05, 3.63) is 65.2 Å². The van der Waals surface area contributed by atoms with Gasteiger partial charge in [-0.2, -0.15) is 15.4 Å². The maximum absolute atomic E-state index is 12.0. The zero-order chi connectivity index (χ0) is 16.2. The summed E-state index contributed by atoms with van der Waals surface area (Å²) >= 11 is 0. The maximum atomic E-state index is 12.0. The highest BCUT2D eigenvalue weighted by Gasteiger charge is 2.25.